The summed E-state index contributed by atoms with van der Waals surface area (Å²) in [4.78, 5) is 26.2. The lowest BCUT2D eigenvalue weighted by molar-refractivity contribution is -0.137. The van der Waals surface area contributed by atoms with E-state index in [1.807, 2.05) is 0 Å². The van der Waals surface area contributed by atoms with E-state index in [2.05, 4.69) is 19.2 Å². The van der Waals surface area contributed by atoms with Crippen LogP contribution >= 0.6 is 0 Å². The maximum absolute atomic E-state index is 13.3. The summed E-state index contributed by atoms with van der Waals surface area (Å²) in [5.74, 6) is -0.960. The molecule has 3 aliphatic rings. The molecule has 0 bridgehead atoms. The van der Waals surface area contributed by atoms with Crippen LogP contribution in [0.5, 0.6) is 0 Å². The van der Waals surface area contributed by atoms with Gasteiger partial charge in [0.1, 0.15) is 0 Å². The number of hydrogen-bond acceptors (Lipinski definition) is 4. The molecule has 9 heteroatoms. The van der Waals surface area contributed by atoms with Crippen molar-refractivity contribution in [1.82, 2.24) is 10.2 Å². The maximum Gasteiger partial charge on any atom is 0.416 e. The first kappa shape index (κ1) is 27.5. The molecule has 35 heavy (non-hydrogen) atoms. The number of halogens is 3. The minimum atomic E-state index is -4.64. The Morgan fingerprint density at radius 1 is 1.14 bits per heavy atom. The third-order valence-electron chi connectivity index (χ3n) is 7.02. The Balaban J connectivity index is 0.00000108. The van der Waals surface area contributed by atoms with E-state index >= 15 is 0 Å². The second-order valence-corrected chi connectivity index (χ2v) is 9.85. The number of benzene rings is 1. The van der Waals surface area contributed by atoms with Crippen molar-refractivity contribution in [2.45, 2.75) is 77.6 Å². The minimum absolute atomic E-state index is 0.0229. The lowest BCUT2D eigenvalue weighted by atomic mass is 9.91. The van der Waals surface area contributed by atoms with Gasteiger partial charge in [-0.3, -0.25) is 4.79 Å². The van der Waals surface area contributed by atoms with Gasteiger partial charge in [-0.05, 0) is 74.2 Å². The summed E-state index contributed by atoms with van der Waals surface area (Å²) in [6.07, 6.45) is 1.36. The number of aromatic carboxylic acids is 1. The monoisotopic (exact) mass is 498 g/mol. The smallest absolute Gasteiger partial charge is 0.416 e. The quantitative estimate of drug-likeness (QED) is 0.605. The number of nitrogens with one attached hydrogen (secondary N) is 1. The Morgan fingerprint density at radius 2 is 1.83 bits per heavy atom. The van der Waals surface area contributed by atoms with E-state index in [0.29, 0.717) is 24.1 Å². The van der Waals surface area contributed by atoms with E-state index in [0.717, 1.165) is 57.9 Å². The zero-order valence-electron chi connectivity index (χ0n) is 20.6. The third kappa shape index (κ3) is 7.19. The van der Waals surface area contributed by atoms with Crippen molar-refractivity contribution < 1.29 is 32.6 Å². The lowest BCUT2D eigenvalue weighted by Gasteiger charge is -2.32. The number of carbonyl (C=O) groups is 2. The SMILES string of the molecule is CCC.O=C(O)c1cc(C(F)(F)F)cc2c1CCN(C(=O)C1CCC(NCC3CCOCC3)C1)C2. The number of nitrogens with zero attached hydrogens (tertiary/aromatic N) is 1. The van der Waals surface area contributed by atoms with E-state index in [4.69, 9.17) is 4.74 Å². The number of hydrogen-bond donors (Lipinski definition) is 2. The second-order valence-electron chi connectivity index (χ2n) is 9.85. The van der Waals surface area contributed by atoms with Crippen molar-refractivity contribution >= 4 is 11.9 Å². The maximum atomic E-state index is 13.3. The van der Waals surface area contributed by atoms with Crippen LogP contribution in [0.2, 0.25) is 0 Å². The van der Waals surface area contributed by atoms with Crippen LogP contribution in [-0.2, 0) is 28.7 Å². The molecule has 196 valence electrons. The summed E-state index contributed by atoms with van der Waals surface area (Å²) in [7, 11) is 0. The largest absolute Gasteiger partial charge is 0.478 e. The molecule has 1 aromatic carbocycles. The van der Waals surface area contributed by atoms with Gasteiger partial charge < -0.3 is 20.1 Å². The fraction of sp³-hybridized carbons (Fsp3) is 0.692. The van der Waals surface area contributed by atoms with Gasteiger partial charge >= 0.3 is 12.1 Å². The highest BCUT2D eigenvalue weighted by atomic mass is 19.4. The van der Waals surface area contributed by atoms with E-state index in [-0.39, 0.29) is 42.0 Å². The molecular weight excluding hydrogens is 461 g/mol. The Hall–Kier alpha value is -2.13. The first-order chi connectivity index (χ1) is 16.6. The second kappa shape index (κ2) is 12.2. The van der Waals surface area contributed by atoms with Gasteiger partial charge in [0.15, 0.2) is 0 Å². The van der Waals surface area contributed by atoms with Crippen molar-refractivity contribution in [3.8, 4) is 0 Å². The molecule has 2 N–H and O–H groups in total. The van der Waals surface area contributed by atoms with Gasteiger partial charge in [0, 0.05) is 38.3 Å². The van der Waals surface area contributed by atoms with Crippen molar-refractivity contribution in [1.29, 1.82) is 0 Å². The van der Waals surface area contributed by atoms with Crippen LogP contribution < -0.4 is 5.32 Å². The number of carbonyl (C=O) groups excluding carboxylic acids is 1. The first-order valence-electron chi connectivity index (χ1n) is 12.7. The van der Waals surface area contributed by atoms with E-state index < -0.39 is 17.7 Å². The number of rotatable bonds is 5. The molecule has 2 atom stereocenters. The molecule has 1 saturated carbocycles. The topological polar surface area (TPSA) is 78.9 Å². The van der Waals surface area contributed by atoms with Crippen LogP contribution in [-0.4, -0.2) is 54.2 Å². The van der Waals surface area contributed by atoms with Gasteiger partial charge in [0.05, 0.1) is 11.1 Å². The number of carboxylic acid groups (broad SMARTS) is 1. The summed E-state index contributed by atoms with van der Waals surface area (Å²) in [6, 6.07) is 1.97. The fourth-order valence-electron chi connectivity index (χ4n) is 5.18. The van der Waals surface area contributed by atoms with Crippen molar-refractivity contribution in [3.63, 3.8) is 0 Å². The van der Waals surface area contributed by atoms with E-state index in [9.17, 15) is 27.9 Å². The summed E-state index contributed by atoms with van der Waals surface area (Å²) < 4.78 is 45.2. The van der Waals surface area contributed by atoms with E-state index in [1.165, 1.54) is 6.42 Å². The van der Waals surface area contributed by atoms with Gasteiger partial charge in [-0.15, -0.1) is 0 Å². The fourth-order valence-corrected chi connectivity index (χ4v) is 5.18. The van der Waals surface area contributed by atoms with Crippen LogP contribution in [0.15, 0.2) is 12.1 Å². The van der Waals surface area contributed by atoms with Crippen molar-refractivity contribution in [2.75, 3.05) is 26.3 Å². The predicted molar refractivity (Wildman–Crippen MR) is 126 cm³/mol. The molecule has 1 amide bonds. The normalized spacial score (nSPS) is 22.8. The summed E-state index contributed by atoms with van der Waals surface area (Å²) in [5.41, 5.74) is -0.623. The molecular formula is C26H37F3N2O4. The van der Waals surface area contributed by atoms with Crippen LogP contribution in [0.25, 0.3) is 0 Å². The zero-order valence-corrected chi connectivity index (χ0v) is 20.6. The molecule has 0 radical (unpaired) electrons. The van der Waals surface area contributed by atoms with Gasteiger partial charge in [-0.2, -0.15) is 13.2 Å². The average Bonchev–Trinajstić information content (AvgIpc) is 3.31. The molecule has 2 unspecified atom stereocenters. The Kier molecular flexibility index (Phi) is 9.58. The third-order valence-corrected chi connectivity index (χ3v) is 7.02. The van der Waals surface area contributed by atoms with Gasteiger partial charge in [-0.25, -0.2) is 4.79 Å². The minimum Gasteiger partial charge on any atom is -0.478 e. The molecule has 4 rings (SSSR count). The number of carboxylic acids is 1. The lowest BCUT2D eigenvalue weighted by Crippen LogP contribution is -2.40. The Morgan fingerprint density at radius 3 is 2.46 bits per heavy atom. The van der Waals surface area contributed by atoms with Gasteiger partial charge in [0.2, 0.25) is 5.91 Å². The highest BCUT2D eigenvalue weighted by molar-refractivity contribution is 5.90. The number of alkyl halides is 3. The zero-order chi connectivity index (χ0) is 25.6. The predicted octanol–water partition coefficient (Wildman–Crippen LogP) is 4.89. The molecule has 0 spiro atoms. The number of ether oxygens (including phenoxy) is 1. The molecule has 2 heterocycles. The standard InChI is InChI=1S/C23H29F3N2O4.C3H8/c24-23(25,26)17-9-16-13-28(6-3-19(16)20(11-17)22(30)31)21(29)15-1-2-18(10-15)27-12-14-4-7-32-8-5-14;1-3-2/h9,11,14-15,18,27H,1-8,10,12-13H2,(H,30,31);3H2,1-2H3. The molecule has 2 fully saturated rings. The molecule has 1 aliphatic carbocycles. The van der Waals surface area contributed by atoms with Crippen LogP contribution in [0.3, 0.4) is 0 Å². The molecule has 1 aromatic rings. The van der Waals surface area contributed by atoms with Crippen molar-refractivity contribution in [3.05, 3.63) is 34.4 Å². The van der Waals surface area contributed by atoms with Crippen LogP contribution in [0, 0.1) is 11.8 Å². The highest BCUT2D eigenvalue weighted by Gasteiger charge is 2.37. The Bertz CT molecular complexity index is 884. The average molecular weight is 499 g/mol. The molecule has 6 nitrogen and oxygen atoms in total. The van der Waals surface area contributed by atoms with Gasteiger partial charge in [-0.1, -0.05) is 20.3 Å². The molecule has 2 aliphatic heterocycles. The molecule has 0 aromatic heterocycles. The highest BCUT2D eigenvalue weighted by Crippen LogP contribution is 2.35. The van der Waals surface area contributed by atoms with E-state index in [1.54, 1.807) is 4.90 Å². The Labute approximate surface area is 205 Å². The summed E-state index contributed by atoms with van der Waals surface area (Å²) >= 11 is 0. The van der Waals surface area contributed by atoms with Crippen molar-refractivity contribution in [2.24, 2.45) is 11.8 Å². The van der Waals surface area contributed by atoms with Crippen LogP contribution in [0.4, 0.5) is 13.2 Å². The number of amides is 1. The summed E-state index contributed by atoms with van der Waals surface area (Å²) in [5, 5.41) is 13.0. The van der Waals surface area contributed by atoms with Crippen LogP contribution in [0.1, 0.15) is 79.4 Å². The number of fused-ring (bicyclic) bond motifs is 1. The first-order valence-corrected chi connectivity index (χ1v) is 12.7. The molecule has 1 saturated heterocycles. The van der Waals surface area contributed by atoms with Gasteiger partial charge in [0.25, 0.3) is 0 Å². The summed E-state index contributed by atoms with van der Waals surface area (Å²) in [6.45, 7) is 7.12.